The molecule has 0 atom stereocenters. The Morgan fingerprint density at radius 2 is 2.06 bits per heavy atom. The number of nitrogens with zero attached hydrogens (tertiary/aromatic N) is 2. The number of halogens is 1. The van der Waals surface area contributed by atoms with Gasteiger partial charge in [0.05, 0.1) is 5.56 Å². The molecule has 2 aromatic heterocycles. The Morgan fingerprint density at radius 1 is 1.22 bits per heavy atom. The van der Waals surface area contributed by atoms with Gasteiger partial charge in [-0.05, 0) is 46.6 Å². The highest BCUT2D eigenvalue weighted by atomic mass is 79.9. The van der Waals surface area contributed by atoms with Crippen molar-refractivity contribution in [2.75, 3.05) is 0 Å². The van der Waals surface area contributed by atoms with Crippen LogP contribution in [0.1, 0.15) is 21.6 Å². The van der Waals surface area contributed by atoms with E-state index >= 15 is 0 Å². The molecule has 0 bridgehead atoms. The molecule has 0 radical (unpaired) electrons. The number of amides is 1. The highest BCUT2D eigenvalue weighted by Crippen LogP contribution is 2.06. The summed E-state index contributed by atoms with van der Waals surface area (Å²) in [6.07, 6.45) is 3.29. The first-order chi connectivity index (χ1) is 8.65. The molecule has 2 rings (SSSR count). The van der Waals surface area contributed by atoms with Crippen molar-refractivity contribution in [2.45, 2.75) is 13.5 Å². The Hall–Kier alpha value is -1.75. The van der Waals surface area contributed by atoms with Gasteiger partial charge in [0.1, 0.15) is 4.60 Å². The summed E-state index contributed by atoms with van der Waals surface area (Å²) in [5.41, 5.74) is 2.47. The molecule has 0 aliphatic heterocycles. The van der Waals surface area contributed by atoms with Gasteiger partial charge in [0.25, 0.3) is 5.91 Å². The fourth-order valence-corrected chi connectivity index (χ4v) is 1.63. The van der Waals surface area contributed by atoms with Crippen LogP contribution in [0.3, 0.4) is 0 Å². The lowest BCUT2D eigenvalue weighted by molar-refractivity contribution is 0.0950. The number of carbonyl (C=O) groups excluding carboxylic acids is 1. The monoisotopic (exact) mass is 305 g/mol. The van der Waals surface area contributed by atoms with Crippen LogP contribution in [-0.4, -0.2) is 15.9 Å². The third-order valence-corrected chi connectivity index (χ3v) is 2.88. The molecule has 0 saturated heterocycles. The Kier molecular flexibility index (Phi) is 4.04. The van der Waals surface area contributed by atoms with Crippen LogP contribution in [0.4, 0.5) is 0 Å². The molecule has 5 heteroatoms. The number of aryl methyl sites for hydroxylation is 1. The Balaban J connectivity index is 1.96. The van der Waals surface area contributed by atoms with E-state index in [-0.39, 0.29) is 5.91 Å². The summed E-state index contributed by atoms with van der Waals surface area (Å²) >= 11 is 3.23. The lowest BCUT2D eigenvalue weighted by Crippen LogP contribution is -2.22. The molecule has 92 valence electrons. The third kappa shape index (κ3) is 3.37. The standard InChI is InChI=1S/C13H12BrN3O/c1-9-2-3-10(6-15-9)7-17-13(18)11-4-5-12(14)16-8-11/h2-6,8H,7H2,1H3,(H,17,18). The lowest BCUT2D eigenvalue weighted by atomic mass is 10.2. The zero-order valence-electron chi connectivity index (χ0n) is 9.85. The van der Waals surface area contributed by atoms with E-state index in [1.54, 1.807) is 18.3 Å². The zero-order valence-corrected chi connectivity index (χ0v) is 11.4. The van der Waals surface area contributed by atoms with Crippen LogP contribution in [0.5, 0.6) is 0 Å². The summed E-state index contributed by atoms with van der Waals surface area (Å²) in [7, 11) is 0. The number of hydrogen-bond donors (Lipinski definition) is 1. The first kappa shape index (κ1) is 12.7. The number of carbonyl (C=O) groups is 1. The molecule has 0 aromatic carbocycles. The molecular weight excluding hydrogens is 294 g/mol. The van der Waals surface area contributed by atoms with Crippen LogP contribution in [0, 0.1) is 6.92 Å². The summed E-state index contributed by atoms with van der Waals surface area (Å²) < 4.78 is 0.710. The van der Waals surface area contributed by atoms with Gasteiger partial charge < -0.3 is 5.32 Å². The Bertz CT molecular complexity index is 537. The van der Waals surface area contributed by atoms with Gasteiger partial charge in [0.15, 0.2) is 0 Å². The van der Waals surface area contributed by atoms with Gasteiger partial charge in [-0.1, -0.05) is 6.07 Å². The molecule has 0 spiro atoms. The normalized spacial score (nSPS) is 10.1. The molecule has 1 N–H and O–H groups in total. The first-order valence-corrected chi connectivity index (χ1v) is 6.26. The average Bonchev–Trinajstić information content (AvgIpc) is 2.38. The maximum absolute atomic E-state index is 11.8. The smallest absolute Gasteiger partial charge is 0.253 e. The second-order valence-electron chi connectivity index (χ2n) is 3.86. The lowest BCUT2D eigenvalue weighted by Gasteiger charge is -2.05. The summed E-state index contributed by atoms with van der Waals surface area (Å²) in [5.74, 6) is -0.143. The van der Waals surface area contributed by atoms with Crippen LogP contribution in [-0.2, 0) is 6.54 Å². The minimum absolute atomic E-state index is 0.143. The molecule has 0 unspecified atom stereocenters. The van der Waals surface area contributed by atoms with Gasteiger partial charge in [-0.25, -0.2) is 4.98 Å². The van der Waals surface area contributed by atoms with E-state index in [9.17, 15) is 4.79 Å². The maximum Gasteiger partial charge on any atom is 0.253 e. The van der Waals surface area contributed by atoms with Crippen LogP contribution >= 0.6 is 15.9 Å². The second kappa shape index (κ2) is 5.73. The molecule has 0 saturated carbocycles. The Morgan fingerprint density at radius 3 is 2.67 bits per heavy atom. The average molecular weight is 306 g/mol. The van der Waals surface area contributed by atoms with Crippen molar-refractivity contribution in [3.63, 3.8) is 0 Å². The minimum Gasteiger partial charge on any atom is -0.348 e. The SMILES string of the molecule is Cc1ccc(CNC(=O)c2ccc(Br)nc2)cn1. The van der Waals surface area contributed by atoms with E-state index in [1.807, 2.05) is 19.1 Å². The number of nitrogens with one attached hydrogen (secondary N) is 1. The van der Waals surface area contributed by atoms with Gasteiger partial charge >= 0.3 is 0 Å². The molecular formula is C13H12BrN3O. The van der Waals surface area contributed by atoms with E-state index < -0.39 is 0 Å². The van der Waals surface area contributed by atoms with Crippen molar-refractivity contribution in [2.24, 2.45) is 0 Å². The highest BCUT2D eigenvalue weighted by molar-refractivity contribution is 9.10. The largest absolute Gasteiger partial charge is 0.348 e. The van der Waals surface area contributed by atoms with E-state index in [0.29, 0.717) is 16.7 Å². The number of hydrogen-bond acceptors (Lipinski definition) is 3. The number of aromatic nitrogens is 2. The van der Waals surface area contributed by atoms with Gasteiger partial charge in [0.2, 0.25) is 0 Å². The molecule has 2 aromatic rings. The summed E-state index contributed by atoms with van der Waals surface area (Å²) in [6, 6.07) is 7.33. The van der Waals surface area contributed by atoms with E-state index in [4.69, 9.17) is 0 Å². The molecule has 1 amide bonds. The van der Waals surface area contributed by atoms with E-state index in [0.717, 1.165) is 11.3 Å². The van der Waals surface area contributed by atoms with Crippen LogP contribution in [0.2, 0.25) is 0 Å². The molecule has 4 nitrogen and oxygen atoms in total. The minimum atomic E-state index is -0.143. The van der Waals surface area contributed by atoms with E-state index in [1.165, 1.54) is 6.20 Å². The Labute approximate surface area is 114 Å². The van der Waals surface area contributed by atoms with Gasteiger partial charge in [-0.2, -0.15) is 0 Å². The van der Waals surface area contributed by atoms with E-state index in [2.05, 4.69) is 31.2 Å². The van der Waals surface area contributed by atoms with Crippen molar-refractivity contribution in [1.29, 1.82) is 0 Å². The molecule has 0 fully saturated rings. The topological polar surface area (TPSA) is 54.9 Å². The van der Waals surface area contributed by atoms with Crippen molar-refractivity contribution < 1.29 is 4.79 Å². The molecule has 2 heterocycles. The molecule has 18 heavy (non-hydrogen) atoms. The summed E-state index contributed by atoms with van der Waals surface area (Å²) in [4.78, 5) is 20.0. The van der Waals surface area contributed by atoms with Crippen molar-refractivity contribution in [3.05, 3.63) is 58.1 Å². The maximum atomic E-state index is 11.8. The van der Waals surface area contributed by atoms with Gasteiger partial charge in [0, 0.05) is 24.6 Å². The predicted octanol–water partition coefficient (Wildman–Crippen LogP) is 2.48. The van der Waals surface area contributed by atoms with Crippen molar-refractivity contribution in [1.82, 2.24) is 15.3 Å². The highest BCUT2D eigenvalue weighted by Gasteiger charge is 2.05. The molecule has 0 aliphatic rings. The van der Waals surface area contributed by atoms with Crippen molar-refractivity contribution >= 4 is 21.8 Å². The van der Waals surface area contributed by atoms with Crippen LogP contribution < -0.4 is 5.32 Å². The van der Waals surface area contributed by atoms with Gasteiger partial charge in [-0.15, -0.1) is 0 Å². The fourth-order valence-electron chi connectivity index (χ4n) is 1.40. The van der Waals surface area contributed by atoms with Gasteiger partial charge in [-0.3, -0.25) is 9.78 Å². The van der Waals surface area contributed by atoms with Crippen LogP contribution in [0.25, 0.3) is 0 Å². The fraction of sp³-hybridized carbons (Fsp3) is 0.154. The predicted molar refractivity (Wildman–Crippen MR) is 72.1 cm³/mol. The quantitative estimate of drug-likeness (QED) is 0.886. The second-order valence-corrected chi connectivity index (χ2v) is 4.67. The number of rotatable bonds is 3. The first-order valence-electron chi connectivity index (χ1n) is 5.46. The summed E-state index contributed by atoms with van der Waals surface area (Å²) in [5, 5.41) is 2.82. The third-order valence-electron chi connectivity index (χ3n) is 2.42. The molecule has 0 aliphatic carbocycles. The zero-order chi connectivity index (χ0) is 13.0. The van der Waals surface area contributed by atoms with Crippen molar-refractivity contribution in [3.8, 4) is 0 Å². The number of pyridine rings is 2. The summed E-state index contributed by atoms with van der Waals surface area (Å²) in [6.45, 7) is 2.39. The van der Waals surface area contributed by atoms with Crippen LogP contribution in [0.15, 0.2) is 41.3 Å².